The van der Waals surface area contributed by atoms with Crippen molar-refractivity contribution in [1.82, 2.24) is 9.21 Å². The molecule has 1 aromatic heterocycles. The second-order valence-electron chi connectivity index (χ2n) is 6.72. The fraction of sp³-hybridized carbons (Fsp3) is 0.421. The third-order valence-electron chi connectivity index (χ3n) is 4.68. The van der Waals surface area contributed by atoms with Crippen LogP contribution < -0.4 is 0 Å². The van der Waals surface area contributed by atoms with Gasteiger partial charge in [-0.2, -0.15) is 4.31 Å². The van der Waals surface area contributed by atoms with Crippen LogP contribution in [-0.4, -0.2) is 49.7 Å². The minimum absolute atomic E-state index is 0.0495. The number of aryl methyl sites for hydroxylation is 3. The lowest BCUT2D eigenvalue weighted by Gasteiger charge is -2.34. The molecule has 1 aliphatic heterocycles. The van der Waals surface area contributed by atoms with Crippen molar-refractivity contribution in [1.29, 1.82) is 0 Å². The number of hydrogen-bond acceptors (Lipinski definition) is 4. The second kappa shape index (κ2) is 7.50. The van der Waals surface area contributed by atoms with Crippen LogP contribution in [0.25, 0.3) is 0 Å². The molecule has 0 unspecified atom stereocenters. The molecule has 0 bridgehead atoms. The number of amides is 1. The van der Waals surface area contributed by atoms with Crippen molar-refractivity contribution in [2.24, 2.45) is 0 Å². The van der Waals surface area contributed by atoms with E-state index in [2.05, 4.69) is 0 Å². The highest BCUT2D eigenvalue weighted by atomic mass is 32.2. The van der Waals surface area contributed by atoms with E-state index in [0.29, 0.717) is 37.5 Å². The molecular weight excluding hydrogens is 368 g/mol. The van der Waals surface area contributed by atoms with Gasteiger partial charge in [0.2, 0.25) is 15.9 Å². The van der Waals surface area contributed by atoms with Crippen LogP contribution in [0.1, 0.15) is 20.9 Å². The van der Waals surface area contributed by atoms with Gasteiger partial charge in [-0.1, -0.05) is 29.8 Å². The molecular formula is C19H24N2O3S2. The number of benzene rings is 1. The van der Waals surface area contributed by atoms with Gasteiger partial charge >= 0.3 is 0 Å². The number of piperazine rings is 1. The monoisotopic (exact) mass is 392 g/mol. The molecule has 26 heavy (non-hydrogen) atoms. The Morgan fingerprint density at radius 3 is 2.19 bits per heavy atom. The van der Waals surface area contributed by atoms with E-state index in [1.54, 1.807) is 11.0 Å². The third-order valence-corrected chi connectivity index (χ3v) is 7.80. The lowest BCUT2D eigenvalue weighted by molar-refractivity contribution is -0.131. The minimum Gasteiger partial charge on any atom is -0.340 e. The van der Waals surface area contributed by atoms with Crippen LogP contribution in [0.4, 0.5) is 0 Å². The van der Waals surface area contributed by atoms with Crippen molar-refractivity contribution in [3.8, 4) is 0 Å². The predicted molar refractivity (Wildman–Crippen MR) is 104 cm³/mol. The van der Waals surface area contributed by atoms with E-state index in [1.165, 1.54) is 21.2 Å². The molecule has 0 saturated carbocycles. The van der Waals surface area contributed by atoms with Gasteiger partial charge < -0.3 is 4.90 Å². The van der Waals surface area contributed by atoms with Crippen LogP contribution in [0.5, 0.6) is 0 Å². The number of rotatable bonds is 4. The Hall–Kier alpha value is -1.70. The summed E-state index contributed by atoms with van der Waals surface area (Å²) in [6.07, 6.45) is 0.357. The summed E-state index contributed by atoms with van der Waals surface area (Å²) >= 11 is 1.50. The summed E-state index contributed by atoms with van der Waals surface area (Å²) in [5.74, 6) is 0.0495. The first-order valence-corrected chi connectivity index (χ1v) is 10.9. The Morgan fingerprint density at radius 1 is 1.04 bits per heavy atom. The summed E-state index contributed by atoms with van der Waals surface area (Å²) in [5, 5.41) is 0. The van der Waals surface area contributed by atoms with E-state index in [9.17, 15) is 13.2 Å². The normalized spacial score (nSPS) is 16.0. The summed E-state index contributed by atoms with van der Waals surface area (Å²) in [4.78, 5) is 16.5. The van der Waals surface area contributed by atoms with Gasteiger partial charge in [0.25, 0.3) is 0 Å². The summed E-state index contributed by atoms with van der Waals surface area (Å²) < 4.78 is 27.2. The van der Waals surface area contributed by atoms with E-state index < -0.39 is 10.0 Å². The first-order valence-electron chi connectivity index (χ1n) is 8.68. The lowest BCUT2D eigenvalue weighted by Crippen LogP contribution is -2.50. The Morgan fingerprint density at radius 2 is 1.65 bits per heavy atom. The van der Waals surface area contributed by atoms with Gasteiger partial charge in [-0.25, -0.2) is 8.42 Å². The molecule has 5 nitrogen and oxygen atoms in total. The van der Waals surface area contributed by atoms with Crippen molar-refractivity contribution < 1.29 is 13.2 Å². The molecule has 0 aliphatic carbocycles. The molecule has 3 rings (SSSR count). The molecule has 2 heterocycles. The minimum atomic E-state index is -3.48. The average molecular weight is 393 g/mol. The quantitative estimate of drug-likeness (QED) is 0.804. The van der Waals surface area contributed by atoms with Crippen LogP contribution >= 0.6 is 11.3 Å². The molecule has 1 fully saturated rings. The van der Waals surface area contributed by atoms with Gasteiger partial charge in [0.1, 0.15) is 0 Å². The fourth-order valence-corrected chi connectivity index (χ4v) is 6.12. The van der Waals surface area contributed by atoms with Crippen molar-refractivity contribution in [2.75, 3.05) is 26.2 Å². The van der Waals surface area contributed by atoms with Crippen molar-refractivity contribution >= 4 is 27.3 Å². The lowest BCUT2D eigenvalue weighted by atomic mass is 10.1. The summed E-state index contributed by atoms with van der Waals surface area (Å²) in [7, 11) is -3.48. The molecule has 7 heteroatoms. The molecule has 140 valence electrons. The standard InChI is InChI=1S/C19H24N2O3S2/c1-14-4-6-17(7-5-14)13-19(22)20-8-10-21(11-9-20)26(23,24)18-12-15(2)25-16(18)3/h4-7,12H,8-11,13H2,1-3H3. The van der Waals surface area contributed by atoms with Crippen molar-refractivity contribution in [3.05, 3.63) is 51.2 Å². The highest BCUT2D eigenvalue weighted by Crippen LogP contribution is 2.28. The summed E-state index contributed by atoms with van der Waals surface area (Å²) in [6.45, 7) is 7.33. The van der Waals surface area contributed by atoms with E-state index in [1.807, 2.05) is 45.0 Å². The van der Waals surface area contributed by atoms with Crippen LogP contribution in [0.15, 0.2) is 35.2 Å². The summed E-state index contributed by atoms with van der Waals surface area (Å²) in [5.41, 5.74) is 2.15. The van der Waals surface area contributed by atoms with Gasteiger partial charge in [0.15, 0.2) is 0 Å². The maximum absolute atomic E-state index is 12.8. The first-order chi connectivity index (χ1) is 12.3. The Bertz CT molecular complexity index is 893. The Labute approximate surface area is 159 Å². The van der Waals surface area contributed by atoms with Crippen LogP contribution in [0, 0.1) is 20.8 Å². The van der Waals surface area contributed by atoms with E-state index in [0.717, 1.165) is 15.3 Å². The number of hydrogen-bond donors (Lipinski definition) is 0. The molecule has 1 aliphatic rings. The molecule has 0 spiro atoms. The van der Waals surface area contributed by atoms with Gasteiger partial charge in [-0.3, -0.25) is 4.79 Å². The number of carbonyl (C=O) groups is 1. The third kappa shape index (κ3) is 4.00. The summed E-state index contributed by atoms with van der Waals surface area (Å²) in [6, 6.07) is 9.67. The number of sulfonamides is 1. The Balaban J connectivity index is 1.62. The van der Waals surface area contributed by atoms with Crippen molar-refractivity contribution in [3.63, 3.8) is 0 Å². The highest BCUT2D eigenvalue weighted by Gasteiger charge is 2.31. The second-order valence-corrected chi connectivity index (χ2v) is 10.1. The van der Waals surface area contributed by atoms with Crippen molar-refractivity contribution in [2.45, 2.75) is 32.1 Å². The van der Waals surface area contributed by atoms with Gasteiger partial charge in [0.05, 0.1) is 11.3 Å². The smallest absolute Gasteiger partial charge is 0.244 e. The SMILES string of the molecule is Cc1ccc(CC(=O)N2CCN(S(=O)(=O)c3cc(C)sc3C)CC2)cc1. The zero-order valence-electron chi connectivity index (χ0n) is 15.4. The van der Waals surface area contributed by atoms with Gasteiger partial charge in [-0.15, -0.1) is 11.3 Å². The van der Waals surface area contributed by atoms with E-state index >= 15 is 0 Å². The molecule has 2 aromatic rings. The van der Waals surface area contributed by atoms with Crippen LogP contribution in [0.2, 0.25) is 0 Å². The topological polar surface area (TPSA) is 57.7 Å². The molecule has 0 atom stereocenters. The van der Waals surface area contributed by atoms with Crippen LogP contribution in [0.3, 0.4) is 0 Å². The zero-order valence-corrected chi connectivity index (χ0v) is 17.0. The molecule has 1 amide bonds. The van der Waals surface area contributed by atoms with Gasteiger partial charge in [0, 0.05) is 35.9 Å². The maximum atomic E-state index is 12.8. The average Bonchev–Trinajstić information content (AvgIpc) is 2.96. The van der Waals surface area contributed by atoms with E-state index in [4.69, 9.17) is 0 Å². The number of nitrogens with zero attached hydrogens (tertiary/aromatic N) is 2. The Kier molecular flexibility index (Phi) is 5.50. The largest absolute Gasteiger partial charge is 0.340 e. The highest BCUT2D eigenvalue weighted by molar-refractivity contribution is 7.89. The molecule has 1 saturated heterocycles. The number of thiophene rings is 1. The van der Waals surface area contributed by atoms with E-state index in [-0.39, 0.29) is 5.91 Å². The molecule has 1 aromatic carbocycles. The fourth-order valence-electron chi connectivity index (χ4n) is 3.17. The predicted octanol–water partition coefficient (Wildman–Crippen LogP) is 2.75. The molecule has 0 radical (unpaired) electrons. The van der Waals surface area contributed by atoms with Gasteiger partial charge in [-0.05, 0) is 32.4 Å². The zero-order chi connectivity index (χ0) is 18.9. The number of carbonyl (C=O) groups excluding carboxylic acids is 1. The van der Waals surface area contributed by atoms with Crippen LogP contribution in [-0.2, 0) is 21.2 Å². The molecule has 0 N–H and O–H groups in total. The first kappa shape index (κ1) is 19.1. The maximum Gasteiger partial charge on any atom is 0.244 e.